The summed E-state index contributed by atoms with van der Waals surface area (Å²) in [6, 6.07) is 4.91. The van der Waals surface area contributed by atoms with Crippen LogP contribution in [0.3, 0.4) is 0 Å². The van der Waals surface area contributed by atoms with Crippen LogP contribution in [0, 0.1) is 6.92 Å². The van der Waals surface area contributed by atoms with Crippen LogP contribution in [0.1, 0.15) is 63.0 Å². The van der Waals surface area contributed by atoms with Gasteiger partial charge in [0.2, 0.25) is 0 Å². The molecule has 0 saturated carbocycles. The van der Waals surface area contributed by atoms with E-state index in [-0.39, 0.29) is 0 Å². The van der Waals surface area contributed by atoms with E-state index in [9.17, 15) is 0 Å². The van der Waals surface area contributed by atoms with E-state index in [1.807, 2.05) is 0 Å². The van der Waals surface area contributed by atoms with Crippen molar-refractivity contribution >= 4 is 11.0 Å². The molecule has 1 heterocycles. The quantitative estimate of drug-likeness (QED) is 0.836. The molecule has 0 amide bonds. The molecule has 1 aromatic heterocycles. The maximum absolute atomic E-state index is 6.20. The van der Waals surface area contributed by atoms with Crippen molar-refractivity contribution in [3.8, 4) is 0 Å². The van der Waals surface area contributed by atoms with E-state index in [4.69, 9.17) is 4.42 Å². The number of aryl methyl sites for hydroxylation is 2. The Labute approximate surface area is 122 Å². The number of hydrogen-bond acceptors (Lipinski definition) is 2. The Hall–Kier alpha value is -1.28. The normalized spacial score (nSPS) is 12.0. The zero-order chi connectivity index (χ0) is 14.9. The molecule has 110 valence electrons. The summed E-state index contributed by atoms with van der Waals surface area (Å²) >= 11 is 0. The van der Waals surface area contributed by atoms with Crippen LogP contribution in [0.5, 0.6) is 0 Å². The summed E-state index contributed by atoms with van der Waals surface area (Å²) in [7, 11) is 0. The largest absolute Gasteiger partial charge is 0.459 e. The number of hydrogen-bond donors (Lipinski definition) is 1. The summed E-state index contributed by atoms with van der Waals surface area (Å²) < 4.78 is 6.20. The molecule has 2 rings (SSSR count). The minimum atomic E-state index is 0.471. The van der Waals surface area contributed by atoms with E-state index in [0.717, 1.165) is 24.3 Å². The molecule has 0 atom stereocenters. The van der Waals surface area contributed by atoms with Gasteiger partial charge >= 0.3 is 0 Å². The van der Waals surface area contributed by atoms with Crippen molar-refractivity contribution in [3.05, 3.63) is 34.6 Å². The maximum Gasteiger partial charge on any atom is 0.137 e. The van der Waals surface area contributed by atoms with Crippen molar-refractivity contribution in [1.29, 1.82) is 0 Å². The number of fused-ring (bicyclic) bond motifs is 1. The number of nitrogens with one attached hydrogen (secondary N) is 1. The molecule has 0 unspecified atom stereocenters. The third kappa shape index (κ3) is 2.76. The van der Waals surface area contributed by atoms with E-state index < -0.39 is 0 Å². The monoisotopic (exact) mass is 273 g/mol. The van der Waals surface area contributed by atoms with Crippen molar-refractivity contribution in [2.24, 2.45) is 0 Å². The highest BCUT2D eigenvalue weighted by molar-refractivity contribution is 5.88. The van der Waals surface area contributed by atoms with Gasteiger partial charge in [-0.3, -0.25) is 0 Å². The standard InChI is InChI=1S/C18H27NO/c1-7-14-16(10-19-12(4)5)20-18-13(6)8-9-15(11(2)3)17(14)18/h8-9,11-12,19H,7,10H2,1-6H3. The highest BCUT2D eigenvalue weighted by Gasteiger charge is 2.18. The zero-order valence-electron chi connectivity index (χ0n) is 13.6. The Morgan fingerprint density at radius 2 is 1.85 bits per heavy atom. The topological polar surface area (TPSA) is 25.2 Å². The van der Waals surface area contributed by atoms with Crippen LogP contribution in [-0.4, -0.2) is 6.04 Å². The van der Waals surface area contributed by atoms with Crippen molar-refractivity contribution in [1.82, 2.24) is 5.32 Å². The molecule has 0 fully saturated rings. The predicted octanol–water partition coefficient (Wildman–Crippen LogP) is 4.93. The summed E-state index contributed by atoms with van der Waals surface area (Å²) in [6.07, 6.45) is 1.02. The van der Waals surface area contributed by atoms with Crippen molar-refractivity contribution in [2.45, 2.75) is 66.5 Å². The number of benzene rings is 1. The molecule has 0 spiro atoms. The molecule has 2 aromatic rings. The van der Waals surface area contributed by atoms with Crippen molar-refractivity contribution in [2.75, 3.05) is 0 Å². The van der Waals surface area contributed by atoms with Crippen molar-refractivity contribution in [3.63, 3.8) is 0 Å². The van der Waals surface area contributed by atoms with Gasteiger partial charge in [0.15, 0.2) is 0 Å². The molecule has 0 saturated heterocycles. The fourth-order valence-electron chi connectivity index (χ4n) is 2.76. The fourth-order valence-corrected chi connectivity index (χ4v) is 2.76. The summed E-state index contributed by atoms with van der Waals surface area (Å²) in [4.78, 5) is 0. The van der Waals surface area contributed by atoms with Gasteiger partial charge < -0.3 is 9.73 Å². The summed E-state index contributed by atoms with van der Waals surface area (Å²) in [6.45, 7) is 14.0. The molecule has 20 heavy (non-hydrogen) atoms. The first-order chi connectivity index (χ1) is 9.45. The Morgan fingerprint density at radius 3 is 2.40 bits per heavy atom. The second-order valence-electron chi connectivity index (χ2n) is 6.22. The third-order valence-electron chi connectivity index (χ3n) is 3.90. The van der Waals surface area contributed by atoms with Crippen LogP contribution >= 0.6 is 0 Å². The molecule has 1 aromatic carbocycles. The Kier molecular flexibility index (Phi) is 4.54. The first kappa shape index (κ1) is 15.1. The first-order valence-electron chi connectivity index (χ1n) is 7.72. The van der Waals surface area contributed by atoms with E-state index in [0.29, 0.717) is 12.0 Å². The van der Waals surface area contributed by atoms with Gasteiger partial charge in [-0.2, -0.15) is 0 Å². The fraction of sp³-hybridized carbons (Fsp3) is 0.556. The Bertz CT molecular complexity index is 593. The average Bonchev–Trinajstić information content (AvgIpc) is 2.75. The smallest absolute Gasteiger partial charge is 0.137 e. The van der Waals surface area contributed by atoms with Crippen LogP contribution in [0.25, 0.3) is 11.0 Å². The van der Waals surface area contributed by atoms with Gasteiger partial charge in [-0.15, -0.1) is 0 Å². The second kappa shape index (κ2) is 6.01. The molecular weight excluding hydrogens is 246 g/mol. The minimum Gasteiger partial charge on any atom is -0.459 e. The molecule has 0 aliphatic heterocycles. The molecule has 2 nitrogen and oxygen atoms in total. The maximum atomic E-state index is 6.20. The van der Waals surface area contributed by atoms with Crippen LogP contribution < -0.4 is 5.32 Å². The van der Waals surface area contributed by atoms with E-state index in [2.05, 4.69) is 59.0 Å². The van der Waals surface area contributed by atoms with Crippen LogP contribution in [0.15, 0.2) is 16.5 Å². The highest BCUT2D eigenvalue weighted by atomic mass is 16.3. The van der Waals surface area contributed by atoms with Gasteiger partial charge in [0.25, 0.3) is 0 Å². The van der Waals surface area contributed by atoms with E-state index in [1.165, 1.54) is 22.1 Å². The molecule has 0 radical (unpaired) electrons. The zero-order valence-corrected chi connectivity index (χ0v) is 13.6. The number of rotatable bonds is 5. The van der Waals surface area contributed by atoms with Gasteiger partial charge in [0, 0.05) is 17.0 Å². The average molecular weight is 273 g/mol. The van der Waals surface area contributed by atoms with Crippen LogP contribution in [0.4, 0.5) is 0 Å². The van der Waals surface area contributed by atoms with Gasteiger partial charge in [-0.1, -0.05) is 46.8 Å². The van der Waals surface area contributed by atoms with Gasteiger partial charge in [0.05, 0.1) is 6.54 Å². The van der Waals surface area contributed by atoms with Crippen molar-refractivity contribution < 1.29 is 4.42 Å². The Balaban J connectivity index is 2.61. The van der Waals surface area contributed by atoms with E-state index >= 15 is 0 Å². The molecule has 1 N–H and O–H groups in total. The van der Waals surface area contributed by atoms with Crippen LogP contribution in [-0.2, 0) is 13.0 Å². The van der Waals surface area contributed by atoms with E-state index in [1.54, 1.807) is 0 Å². The van der Waals surface area contributed by atoms with Gasteiger partial charge in [-0.25, -0.2) is 0 Å². The molecular formula is C18H27NO. The molecule has 0 aliphatic rings. The second-order valence-corrected chi connectivity index (χ2v) is 6.22. The molecule has 0 bridgehead atoms. The lowest BCUT2D eigenvalue weighted by molar-refractivity contribution is 0.483. The lowest BCUT2D eigenvalue weighted by Gasteiger charge is -2.10. The SMILES string of the molecule is CCc1c(CNC(C)C)oc2c(C)ccc(C(C)C)c12. The predicted molar refractivity (Wildman–Crippen MR) is 86.4 cm³/mol. The Morgan fingerprint density at radius 1 is 1.15 bits per heavy atom. The molecule has 2 heteroatoms. The first-order valence-corrected chi connectivity index (χ1v) is 7.72. The lowest BCUT2D eigenvalue weighted by atomic mass is 9.94. The van der Waals surface area contributed by atoms with Gasteiger partial charge in [0.1, 0.15) is 11.3 Å². The summed E-state index contributed by atoms with van der Waals surface area (Å²) in [5, 5.41) is 4.82. The lowest BCUT2D eigenvalue weighted by Crippen LogP contribution is -2.22. The van der Waals surface area contributed by atoms with Crippen LogP contribution in [0.2, 0.25) is 0 Å². The number of furan rings is 1. The third-order valence-corrected chi connectivity index (χ3v) is 3.90. The summed E-state index contributed by atoms with van der Waals surface area (Å²) in [5.41, 5.74) is 5.09. The summed E-state index contributed by atoms with van der Waals surface area (Å²) in [5.74, 6) is 1.62. The molecule has 0 aliphatic carbocycles. The highest BCUT2D eigenvalue weighted by Crippen LogP contribution is 2.35. The minimum absolute atomic E-state index is 0.471. The van der Waals surface area contributed by atoms with Gasteiger partial charge in [-0.05, 0) is 30.4 Å².